The van der Waals surface area contributed by atoms with Crippen molar-refractivity contribution >= 4 is 0 Å². The van der Waals surface area contributed by atoms with Crippen molar-refractivity contribution in [2.45, 2.75) is 12.5 Å². The first-order valence-corrected chi connectivity index (χ1v) is 6.51. The van der Waals surface area contributed by atoms with E-state index in [1.807, 2.05) is 0 Å². The largest absolute Gasteiger partial charge is 0.449 e. The highest BCUT2D eigenvalue weighted by molar-refractivity contribution is 5.37. The van der Waals surface area contributed by atoms with Gasteiger partial charge in [-0.15, -0.1) is 7.05 Å². The molecule has 0 fully saturated rings. The van der Waals surface area contributed by atoms with Crippen molar-refractivity contribution in [3.05, 3.63) is 78.3 Å². The van der Waals surface area contributed by atoms with Crippen LogP contribution in [0.2, 0.25) is 0 Å². The minimum atomic E-state index is 0.358. The van der Waals surface area contributed by atoms with E-state index in [4.69, 9.17) is 0 Å². The van der Waals surface area contributed by atoms with E-state index in [1.165, 1.54) is 16.7 Å². The van der Waals surface area contributed by atoms with Gasteiger partial charge in [0, 0.05) is 24.6 Å². The lowest BCUT2D eigenvalue weighted by molar-refractivity contribution is -0.893. The average molecular weight is 237 g/mol. The Labute approximate surface area is 109 Å². The topological polar surface area (TPSA) is 0 Å². The monoisotopic (exact) mass is 237 g/mol. The molecule has 0 amide bonds. The fraction of sp³-hybridized carbons (Fsp3) is 0.235. The van der Waals surface area contributed by atoms with Crippen LogP contribution in [-0.2, 0) is 6.42 Å². The van der Waals surface area contributed by atoms with Gasteiger partial charge < -0.3 is 4.48 Å². The van der Waals surface area contributed by atoms with E-state index in [9.17, 15) is 0 Å². The van der Waals surface area contributed by atoms with Gasteiger partial charge >= 0.3 is 0 Å². The van der Waals surface area contributed by atoms with E-state index in [0.29, 0.717) is 6.04 Å². The van der Waals surface area contributed by atoms with Crippen LogP contribution in [0.25, 0.3) is 0 Å². The highest BCUT2D eigenvalue weighted by Gasteiger charge is 2.32. The molecule has 0 radical (unpaired) electrons. The Kier molecular flexibility index (Phi) is 2.71. The first-order chi connectivity index (χ1) is 8.68. The van der Waals surface area contributed by atoms with E-state index in [1.54, 1.807) is 0 Å². The van der Waals surface area contributed by atoms with Crippen LogP contribution in [0.5, 0.6) is 0 Å². The molecule has 0 N–H and O–H groups in total. The molecule has 0 bridgehead atoms. The smallest absolute Gasteiger partial charge is 0.116 e. The molecule has 0 aromatic heterocycles. The van der Waals surface area contributed by atoms with Gasteiger partial charge in [-0.25, -0.2) is 0 Å². The van der Waals surface area contributed by atoms with Crippen LogP contribution in [0.4, 0.5) is 0 Å². The van der Waals surface area contributed by atoms with Gasteiger partial charge in [-0.05, 0) is 5.56 Å². The van der Waals surface area contributed by atoms with Gasteiger partial charge in [0.25, 0.3) is 0 Å². The number of hydrogen-bond donors (Lipinski definition) is 0. The Morgan fingerprint density at radius 3 is 2.44 bits per heavy atom. The third-order valence-electron chi connectivity index (χ3n) is 3.98. The first kappa shape index (κ1) is 11.5. The summed E-state index contributed by atoms with van der Waals surface area (Å²) in [5.74, 6) is 0. The second kappa shape index (κ2) is 4.25. The molecule has 1 unspecified atom stereocenters. The summed E-state index contributed by atoms with van der Waals surface area (Å²) < 4.78 is 0.793. The number of rotatable bonds is 1. The minimum absolute atomic E-state index is 0.358. The van der Waals surface area contributed by atoms with Gasteiger partial charge in [-0.2, -0.15) is 0 Å². The summed E-state index contributed by atoms with van der Waals surface area (Å²) >= 11 is 0. The Balaban J connectivity index is 2.16. The second-order valence-electron chi connectivity index (χ2n) is 5.47. The second-order valence-corrected chi connectivity index (χ2v) is 5.47. The predicted octanol–water partition coefficient (Wildman–Crippen LogP) is 3.57. The molecule has 0 saturated carbocycles. The van der Waals surface area contributed by atoms with Crippen LogP contribution in [-0.4, -0.2) is 18.1 Å². The molecule has 0 saturated heterocycles. The molecular weight excluding hydrogens is 218 g/mol. The summed E-state index contributed by atoms with van der Waals surface area (Å²) in [6.07, 6.45) is 1.12. The van der Waals surface area contributed by atoms with E-state index in [2.05, 4.69) is 68.7 Å². The summed E-state index contributed by atoms with van der Waals surface area (Å²) in [6.45, 7) is 1.09. The third-order valence-corrected chi connectivity index (χ3v) is 3.98. The highest BCUT2D eigenvalue weighted by Crippen LogP contribution is 2.38. The Morgan fingerprint density at radius 1 is 1.00 bits per heavy atom. The Bertz CT molecular complexity index is 543. The van der Waals surface area contributed by atoms with Crippen LogP contribution in [0, 0.1) is 7.05 Å². The molecule has 3 rings (SSSR count). The lowest BCUT2D eigenvalue weighted by atomic mass is 9.87. The van der Waals surface area contributed by atoms with Gasteiger partial charge in [0.05, 0.1) is 6.54 Å². The van der Waals surface area contributed by atoms with Gasteiger partial charge in [0.1, 0.15) is 6.04 Å². The van der Waals surface area contributed by atoms with Crippen LogP contribution in [0.15, 0.2) is 54.6 Å². The molecule has 2 aromatic carbocycles. The lowest BCUT2D eigenvalue weighted by Crippen LogP contribution is -2.46. The van der Waals surface area contributed by atoms with E-state index < -0.39 is 0 Å². The Morgan fingerprint density at radius 2 is 1.67 bits per heavy atom. The van der Waals surface area contributed by atoms with Crippen LogP contribution in [0.3, 0.4) is 0 Å². The average Bonchev–Trinajstić information content (AvgIpc) is 2.39. The number of benzene rings is 2. The molecule has 1 heterocycles. The van der Waals surface area contributed by atoms with Crippen molar-refractivity contribution < 1.29 is 4.48 Å². The molecule has 1 nitrogen and oxygen atoms in total. The number of quaternary nitrogens is 1. The third kappa shape index (κ3) is 1.85. The molecule has 2 aromatic rings. The maximum Gasteiger partial charge on any atom is 0.116 e. The van der Waals surface area contributed by atoms with Crippen molar-refractivity contribution in [3.8, 4) is 0 Å². The fourth-order valence-electron chi connectivity index (χ4n) is 3.04. The molecule has 0 aliphatic carbocycles. The quantitative estimate of drug-likeness (QED) is 0.525. The molecule has 0 spiro atoms. The summed E-state index contributed by atoms with van der Waals surface area (Å²) in [5.41, 5.74) is 4.28. The van der Waals surface area contributed by atoms with Crippen LogP contribution in [0.1, 0.15) is 22.7 Å². The number of likely N-dealkylation sites (N-methyl/N-ethyl adjacent to an activating group) is 1. The Hall–Kier alpha value is -1.60. The zero-order valence-corrected chi connectivity index (χ0v) is 10.8. The summed E-state index contributed by atoms with van der Waals surface area (Å²) in [4.78, 5) is 0. The minimum Gasteiger partial charge on any atom is -0.449 e. The molecule has 1 aliphatic rings. The van der Waals surface area contributed by atoms with Crippen LogP contribution < -0.4 is 0 Å². The number of fused-ring (bicyclic) bond motifs is 1. The van der Waals surface area contributed by atoms with Crippen LogP contribution >= 0.6 is 0 Å². The van der Waals surface area contributed by atoms with E-state index in [-0.39, 0.29) is 0 Å². The van der Waals surface area contributed by atoms with Crippen molar-refractivity contribution in [1.82, 2.24) is 0 Å². The van der Waals surface area contributed by atoms with E-state index >= 15 is 0 Å². The number of hydrogen-bond acceptors (Lipinski definition) is 0. The van der Waals surface area contributed by atoms with Crippen molar-refractivity contribution in [1.29, 1.82) is 0 Å². The predicted molar refractivity (Wildman–Crippen MR) is 74.8 cm³/mol. The maximum absolute atomic E-state index is 4.42. The zero-order valence-electron chi connectivity index (χ0n) is 10.8. The van der Waals surface area contributed by atoms with Gasteiger partial charge in [0.2, 0.25) is 0 Å². The maximum atomic E-state index is 4.42. The summed E-state index contributed by atoms with van der Waals surface area (Å²) in [7, 11) is 6.65. The van der Waals surface area contributed by atoms with Crippen molar-refractivity contribution in [3.63, 3.8) is 0 Å². The van der Waals surface area contributed by atoms with Crippen molar-refractivity contribution in [2.24, 2.45) is 0 Å². The fourth-order valence-corrected chi connectivity index (χ4v) is 3.04. The summed E-state index contributed by atoms with van der Waals surface area (Å²) in [5, 5.41) is 0. The van der Waals surface area contributed by atoms with Gasteiger partial charge in [-0.1, -0.05) is 54.6 Å². The standard InChI is InChI=1S/C17H19N/c1-18(2)13-12-14-8-6-7-11-16(14)17(18)15-9-4-3-5-10-15/h3-11,17H,1,12-13H2,2H3/t17-,18?/m0/s1. The number of nitrogens with zero attached hydrogens (tertiary/aromatic N) is 1. The van der Waals surface area contributed by atoms with E-state index in [0.717, 1.165) is 17.4 Å². The molecule has 2 atom stereocenters. The first-order valence-electron chi connectivity index (χ1n) is 6.51. The molecular formula is C17H19N. The van der Waals surface area contributed by atoms with Crippen molar-refractivity contribution in [2.75, 3.05) is 13.6 Å². The molecule has 18 heavy (non-hydrogen) atoms. The molecule has 1 aliphatic heterocycles. The summed E-state index contributed by atoms with van der Waals surface area (Å²) in [6, 6.07) is 19.9. The normalized spacial score (nSPS) is 26.7. The zero-order chi connectivity index (χ0) is 12.6. The highest BCUT2D eigenvalue weighted by atomic mass is 15.3. The molecule has 1 heteroatoms. The van der Waals surface area contributed by atoms with Gasteiger partial charge in [-0.3, -0.25) is 0 Å². The molecule has 92 valence electrons. The lowest BCUT2D eigenvalue weighted by Gasteiger charge is -2.49. The SMILES string of the molecule is [CH2-][N+]1(C)CCc2ccccc2[C@@H]1c1ccccc1. The van der Waals surface area contributed by atoms with Gasteiger partial charge in [0.15, 0.2) is 0 Å².